The van der Waals surface area contributed by atoms with Crippen LogP contribution in [0.15, 0.2) is 12.1 Å². The number of nitrogens with one attached hydrogen (secondary N) is 1. The fourth-order valence-electron chi connectivity index (χ4n) is 1.29. The summed E-state index contributed by atoms with van der Waals surface area (Å²) in [5.74, 6) is 1.08. The molecule has 1 aromatic carbocycles. The molecule has 5 nitrogen and oxygen atoms in total. The molecule has 14 heavy (non-hydrogen) atoms. The van der Waals surface area contributed by atoms with E-state index in [1.807, 2.05) is 0 Å². The molecule has 0 bridgehead atoms. The third-order valence-electron chi connectivity index (χ3n) is 2.00. The van der Waals surface area contributed by atoms with Crippen molar-refractivity contribution in [1.82, 2.24) is 5.48 Å². The molecule has 0 aromatic heterocycles. The minimum atomic E-state index is 0.101. The van der Waals surface area contributed by atoms with Crippen LogP contribution in [0.4, 0.5) is 0 Å². The number of ether oxygens (including phenoxy) is 2. The molecule has 0 aliphatic carbocycles. The van der Waals surface area contributed by atoms with Crippen LogP contribution >= 0.6 is 0 Å². The number of fused-ring (bicyclic) bond motifs is 1. The van der Waals surface area contributed by atoms with Gasteiger partial charge in [-0.15, -0.1) is 0 Å². The van der Waals surface area contributed by atoms with Crippen molar-refractivity contribution in [2.45, 2.75) is 6.54 Å². The van der Waals surface area contributed by atoms with Crippen molar-refractivity contribution in [2.24, 2.45) is 0 Å². The van der Waals surface area contributed by atoms with Gasteiger partial charge in [-0.05, 0) is 12.1 Å². The highest BCUT2D eigenvalue weighted by Crippen LogP contribution is 2.42. The predicted molar refractivity (Wildman–Crippen MR) is 48.1 cm³/mol. The van der Waals surface area contributed by atoms with Crippen LogP contribution in [0.3, 0.4) is 0 Å². The van der Waals surface area contributed by atoms with Crippen LogP contribution in [0.25, 0.3) is 0 Å². The quantitative estimate of drug-likeness (QED) is 0.701. The van der Waals surface area contributed by atoms with E-state index in [4.69, 9.17) is 9.47 Å². The zero-order chi connectivity index (χ0) is 9.97. The maximum atomic E-state index is 9.74. The molecular formula is C9H11NO4. The zero-order valence-corrected chi connectivity index (χ0v) is 7.74. The summed E-state index contributed by atoms with van der Waals surface area (Å²) in [6.07, 6.45) is 0. The van der Waals surface area contributed by atoms with Gasteiger partial charge in [0.1, 0.15) is 0 Å². The molecule has 1 aliphatic heterocycles. The topological polar surface area (TPSA) is 60.0 Å². The fourth-order valence-corrected chi connectivity index (χ4v) is 1.29. The Morgan fingerprint density at radius 1 is 1.50 bits per heavy atom. The van der Waals surface area contributed by atoms with Gasteiger partial charge in [-0.25, -0.2) is 0 Å². The van der Waals surface area contributed by atoms with Gasteiger partial charge >= 0.3 is 0 Å². The molecule has 1 aromatic rings. The first kappa shape index (κ1) is 9.11. The van der Waals surface area contributed by atoms with Gasteiger partial charge < -0.3 is 19.4 Å². The Bertz CT molecular complexity index is 340. The first-order valence-electron chi connectivity index (χ1n) is 4.19. The maximum Gasteiger partial charge on any atom is 0.231 e. The Balaban J connectivity index is 2.26. The summed E-state index contributed by atoms with van der Waals surface area (Å²) in [6, 6.07) is 3.52. The third-order valence-corrected chi connectivity index (χ3v) is 2.00. The number of rotatable bonds is 3. The molecule has 0 unspecified atom stereocenters. The lowest BCUT2D eigenvalue weighted by Crippen LogP contribution is -2.10. The zero-order valence-electron chi connectivity index (χ0n) is 7.74. The number of hydrogen-bond donors (Lipinski definition) is 2. The van der Waals surface area contributed by atoms with E-state index >= 15 is 0 Å². The van der Waals surface area contributed by atoms with Gasteiger partial charge in [0.2, 0.25) is 12.5 Å². The third kappa shape index (κ3) is 1.47. The number of aromatic hydroxyl groups is 1. The maximum absolute atomic E-state index is 9.74. The lowest BCUT2D eigenvalue weighted by atomic mass is 10.2. The van der Waals surface area contributed by atoms with Gasteiger partial charge in [-0.1, -0.05) is 0 Å². The van der Waals surface area contributed by atoms with Crippen LogP contribution in [-0.2, 0) is 11.4 Å². The standard InChI is InChI=1S/C9H11NO4/c1-12-10-4-6-2-3-7-9(8(6)11)14-5-13-7/h2-3,10-11H,4-5H2,1H3. The van der Waals surface area contributed by atoms with Crippen LogP contribution in [0.2, 0.25) is 0 Å². The van der Waals surface area contributed by atoms with Gasteiger partial charge in [0.15, 0.2) is 11.5 Å². The van der Waals surface area contributed by atoms with Gasteiger partial charge in [0.05, 0.1) is 7.11 Å². The van der Waals surface area contributed by atoms with E-state index in [2.05, 4.69) is 10.3 Å². The summed E-state index contributed by atoms with van der Waals surface area (Å²) in [7, 11) is 1.52. The molecule has 0 atom stereocenters. The van der Waals surface area contributed by atoms with Crippen LogP contribution in [0, 0.1) is 0 Å². The SMILES string of the molecule is CONCc1ccc2c(c1O)OCO2. The van der Waals surface area contributed by atoms with E-state index in [0.29, 0.717) is 23.6 Å². The van der Waals surface area contributed by atoms with Gasteiger partial charge in [-0.3, -0.25) is 0 Å². The van der Waals surface area contributed by atoms with Crippen LogP contribution in [-0.4, -0.2) is 19.0 Å². The predicted octanol–water partition coefficient (Wildman–Crippen LogP) is 0.772. The van der Waals surface area contributed by atoms with Gasteiger partial charge in [-0.2, -0.15) is 5.48 Å². The van der Waals surface area contributed by atoms with Crippen molar-refractivity contribution in [3.05, 3.63) is 17.7 Å². The summed E-state index contributed by atoms with van der Waals surface area (Å²) >= 11 is 0. The Kier molecular flexibility index (Phi) is 2.43. The van der Waals surface area contributed by atoms with E-state index in [1.54, 1.807) is 12.1 Å². The Morgan fingerprint density at radius 2 is 2.36 bits per heavy atom. The first-order valence-corrected chi connectivity index (χ1v) is 4.19. The average Bonchev–Trinajstić information content (AvgIpc) is 2.66. The largest absolute Gasteiger partial charge is 0.504 e. The summed E-state index contributed by atoms with van der Waals surface area (Å²) in [4.78, 5) is 4.69. The summed E-state index contributed by atoms with van der Waals surface area (Å²) in [6.45, 7) is 0.572. The van der Waals surface area contributed by atoms with Crippen LogP contribution in [0.1, 0.15) is 5.56 Å². The smallest absolute Gasteiger partial charge is 0.231 e. The summed E-state index contributed by atoms with van der Waals surface area (Å²) in [5, 5.41) is 9.74. The fraction of sp³-hybridized carbons (Fsp3) is 0.333. The highest BCUT2D eigenvalue weighted by atomic mass is 16.7. The van der Waals surface area contributed by atoms with Crippen molar-refractivity contribution in [1.29, 1.82) is 0 Å². The van der Waals surface area contributed by atoms with Gasteiger partial charge in [0, 0.05) is 12.1 Å². The molecule has 1 heterocycles. The molecule has 0 spiro atoms. The number of benzene rings is 1. The highest BCUT2D eigenvalue weighted by molar-refractivity contribution is 5.55. The van der Waals surface area contributed by atoms with E-state index in [-0.39, 0.29) is 12.5 Å². The Morgan fingerprint density at radius 3 is 3.14 bits per heavy atom. The Hall–Kier alpha value is -1.46. The molecule has 1 aliphatic rings. The number of hydroxylamine groups is 1. The molecule has 0 saturated heterocycles. The van der Waals surface area contributed by atoms with Crippen molar-refractivity contribution in [3.8, 4) is 17.2 Å². The molecule has 2 N–H and O–H groups in total. The Labute approximate surface area is 81.2 Å². The second-order valence-electron chi connectivity index (χ2n) is 2.83. The minimum Gasteiger partial charge on any atom is -0.504 e. The summed E-state index contributed by atoms with van der Waals surface area (Å²) < 4.78 is 10.2. The monoisotopic (exact) mass is 197 g/mol. The summed E-state index contributed by atoms with van der Waals surface area (Å²) in [5.41, 5.74) is 3.34. The van der Waals surface area contributed by atoms with Gasteiger partial charge in [0.25, 0.3) is 0 Å². The van der Waals surface area contributed by atoms with Crippen molar-refractivity contribution in [3.63, 3.8) is 0 Å². The molecule has 5 heteroatoms. The van der Waals surface area contributed by atoms with Crippen molar-refractivity contribution >= 4 is 0 Å². The molecule has 2 rings (SSSR count). The first-order chi connectivity index (χ1) is 6.83. The highest BCUT2D eigenvalue weighted by Gasteiger charge is 2.19. The van der Waals surface area contributed by atoms with Crippen LogP contribution < -0.4 is 15.0 Å². The lowest BCUT2D eigenvalue weighted by Gasteiger charge is -2.06. The number of phenols is 1. The second kappa shape index (κ2) is 3.73. The normalized spacial score (nSPS) is 13.2. The molecular weight excluding hydrogens is 186 g/mol. The van der Waals surface area contributed by atoms with E-state index < -0.39 is 0 Å². The average molecular weight is 197 g/mol. The number of phenolic OH excluding ortho intramolecular Hbond substituents is 1. The molecule has 0 amide bonds. The molecule has 0 saturated carbocycles. The van der Waals surface area contributed by atoms with E-state index in [0.717, 1.165) is 0 Å². The lowest BCUT2D eigenvalue weighted by molar-refractivity contribution is 0.0860. The van der Waals surface area contributed by atoms with Crippen LogP contribution in [0.5, 0.6) is 17.2 Å². The molecule has 0 fully saturated rings. The second-order valence-corrected chi connectivity index (χ2v) is 2.83. The van der Waals surface area contributed by atoms with Crippen molar-refractivity contribution < 1.29 is 19.4 Å². The van der Waals surface area contributed by atoms with Crippen molar-refractivity contribution in [2.75, 3.05) is 13.9 Å². The van der Waals surface area contributed by atoms with E-state index in [1.165, 1.54) is 7.11 Å². The number of hydrogen-bond acceptors (Lipinski definition) is 5. The molecule has 0 radical (unpaired) electrons. The van der Waals surface area contributed by atoms with E-state index in [9.17, 15) is 5.11 Å². The molecule has 76 valence electrons. The minimum absolute atomic E-state index is 0.101.